The Morgan fingerprint density at radius 3 is 2.78 bits per heavy atom. The van der Waals surface area contributed by atoms with Crippen molar-refractivity contribution in [3.8, 4) is 0 Å². The first-order valence-electron chi connectivity index (χ1n) is 5.71. The van der Waals surface area contributed by atoms with E-state index >= 15 is 0 Å². The smallest absolute Gasteiger partial charge is 0.228 e. The van der Waals surface area contributed by atoms with Crippen LogP contribution in [0.5, 0.6) is 0 Å². The van der Waals surface area contributed by atoms with Gasteiger partial charge in [0, 0.05) is 30.2 Å². The van der Waals surface area contributed by atoms with Gasteiger partial charge in [-0.1, -0.05) is 17.7 Å². The average molecular weight is 263 g/mol. The zero-order chi connectivity index (χ0) is 13.1. The SMILES string of the molecule is Cc1ccc(NC(=O)Cc2ccn(C)c2)cc1Cl. The van der Waals surface area contributed by atoms with Crippen LogP contribution in [0.4, 0.5) is 5.69 Å². The highest BCUT2D eigenvalue weighted by molar-refractivity contribution is 6.31. The average Bonchev–Trinajstić information content (AvgIpc) is 2.69. The van der Waals surface area contributed by atoms with Crippen LogP contribution in [0.1, 0.15) is 11.1 Å². The van der Waals surface area contributed by atoms with E-state index in [0.29, 0.717) is 11.4 Å². The van der Waals surface area contributed by atoms with Gasteiger partial charge in [-0.3, -0.25) is 4.79 Å². The lowest BCUT2D eigenvalue weighted by molar-refractivity contribution is -0.115. The highest BCUT2D eigenvalue weighted by atomic mass is 35.5. The van der Waals surface area contributed by atoms with Gasteiger partial charge in [-0.15, -0.1) is 0 Å². The lowest BCUT2D eigenvalue weighted by Crippen LogP contribution is -2.14. The predicted octanol–water partition coefficient (Wildman–Crippen LogP) is 3.17. The van der Waals surface area contributed by atoms with Crippen molar-refractivity contribution in [3.63, 3.8) is 0 Å². The Kier molecular flexibility index (Phi) is 3.72. The van der Waals surface area contributed by atoms with Gasteiger partial charge < -0.3 is 9.88 Å². The van der Waals surface area contributed by atoms with Crippen molar-refractivity contribution in [1.82, 2.24) is 4.57 Å². The van der Waals surface area contributed by atoms with Crippen LogP contribution in [-0.4, -0.2) is 10.5 Å². The molecule has 1 amide bonds. The molecule has 94 valence electrons. The molecule has 0 saturated carbocycles. The fraction of sp³-hybridized carbons (Fsp3) is 0.214. The van der Waals surface area contributed by atoms with Crippen molar-refractivity contribution in [2.45, 2.75) is 13.3 Å². The van der Waals surface area contributed by atoms with E-state index in [9.17, 15) is 4.79 Å². The zero-order valence-electron chi connectivity index (χ0n) is 10.4. The molecule has 3 nitrogen and oxygen atoms in total. The summed E-state index contributed by atoms with van der Waals surface area (Å²) in [4.78, 5) is 11.8. The number of hydrogen-bond acceptors (Lipinski definition) is 1. The van der Waals surface area contributed by atoms with Gasteiger partial charge in [-0.25, -0.2) is 0 Å². The van der Waals surface area contributed by atoms with E-state index in [2.05, 4.69) is 5.32 Å². The van der Waals surface area contributed by atoms with Crippen LogP contribution in [0.15, 0.2) is 36.7 Å². The fourth-order valence-electron chi connectivity index (χ4n) is 1.73. The van der Waals surface area contributed by atoms with Gasteiger partial charge in [0.15, 0.2) is 0 Å². The summed E-state index contributed by atoms with van der Waals surface area (Å²) in [6.45, 7) is 1.93. The Morgan fingerprint density at radius 1 is 1.39 bits per heavy atom. The molecule has 2 aromatic rings. The normalized spacial score (nSPS) is 10.4. The van der Waals surface area contributed by atoms with E-state index in [1.807, 2.05) is 49.1 Å². The van der Waals surface area contributed by atoms with Gasteiger partial charge in [-0.05, 0) is 36.2 Å². The van der Waals surface area contributed by atoms with Gasteiger partial charge >= 0.3 is 0 Å². The fourth-order valence-corrected chi connectivity index (χ4v) is 1.91. The summed E-state index contributed by atoms with van der Waals surface area (Å²) in [5.41, 5.74) is 2.72. The molecule has 4 heteroatoms. The molecule has 0 radical (unpaired) electrons. The molecule has 2 rings (SSSR count). The van der Waals surface area contributed by atoms with E-state index in [4.69, 9.17) is 11.6 Å². The monoisotopic (exact) mass is 262 g/mol. The van der Waals surface area contributed by atoms with Crippen LogP contribution < -0.4 is 5.32 Å². The second kappa shape index (κ2) is 5.27. The predicted molar refractivity (Wildman–Crippen MR) is 73.9 cm³/mol. The Hall–Kier alpha value is -1.74. The van der Waals surface area contributed by atoms with Crippen LogP contribution >= 0.6 is 11.6 Å². The third kappa shape index (κ3) is 3.14. The summed E-state index contributed by atoms with van der Waals surface area (Å²) in [7, 11) is 1.93. The molecule has 0 unspecified atom stereocenters. The van der Waals surface area contributed by atoms with Crippen molar-refractivity contribution in [1.29, 1.82) is 0 Å². The first-order valence-corrected chi connectivity index (χ1v) is 6.09. The molecule has 1 aromatic carbocycles. The van der Waals surface area contributed by atoms with Crippen LogP contribution in [0.2, 0.25) is 5.02 Å². The first-order chi connectivity index (χ1) is 8.54. The van der Waals surface area contributed by atoms with Gasteiger partial charge in [0.2, 0.25) is 5.91 Å². The molecule has 0 aliphatic rings. The number of halogens is 1. The number of aryl methyl sites for hydroxylation is 2. The van der Waals surface area contributed by atoms with E-state index in [1.54, 1.807) is 6.07 Å². The molecule has 0 bridgehead atoms. The molecule has 1 heterocycles. The summed E-state index contributed by atoms with van der Waals surface area (Å²) < 4.78 is 1.92. The molecule has 0 aliphatic heterocycles. The topological polar surface area (TPSA) is 34.0 Å². The molecular formula is C14H15ClN2O. The number of amides is 1. The number of rotatable bonds is 3. The van der Waals surface area contributed by atoms with Crippen LogP contribution in [0, 0.1) is 6.92 Å². The number of carbonyl (C=O) groups excluding carboxylic acids is 1. The number of carbonyl (C=O) groups is 1. The maximum absolute atomic E-state index is 11.8. The van der Waals surface area contributed by atoms with E-state index in [1.165, 1.54) is 0 Å². The first kappa shape index (κ1) is 12.7. The molecule has 1 aromatic heterocycles. The minimum absolute atomic E-state index is 0.0406. The number of nitrogens with zero attached hydrogens (tertiary/aromatic N) is 1. The number of benzene rings is 1. The molecule has 18 heavy (non-hydrogen) atoms. The Labute approximate surface area is 111 Å². The Bertz CT molecular complexity index is 575. The summed E-state index contributed by atoms with van der Waals surface area (Å²) in [6, 6.07) is 7.44. The molecule has 0 saturated heterocycles. The van der Waals surface area contributed by atoms with Crippen molar-refractivity contribution >= 4 is 23.2 Å². The van der Waals surface area contributed by atoms with Crippen molar-refractivity contribution in [2.24, 2.45) is 7.05 Å². The largest absolute Gasteiger partial charge is 0.357 e. The van der Waals surface area contributed by atoms with Crippen molar-refractivity contribution in [2.75, 3.05) is 5.32 Å². The lowest BCUT2D eigenvalue weighted by atomic mass is 10.2. The van der Waals surface area contributed by atoms with Crippen molar-refractivity contribution in [3.05, 3.63) is 52.8 Å². The summed E-state index contributed by atoms with van der Waals surface area (Å²) in [5.74, 6) is -0.0406. The van der Waals surface area contributed by atoms with Gasteiger partial charge in [0.1, 0.15) is 0 Å². The van der Waals surface area contributed by atoms with Crippen LogP contribution in [0.3, 0.4) is 0 Å². The van der Waals surface area contributed by atoms with E-state index < -0.39 is 0 Å². The van der Waals surface area contributed by atoms with Crippen LogP contribution in [0.25, 0.3) is 0 Å². The standard InChI is InChI=1S/C14H15ClN2O/c1-10-3-4-12(8-13(10)15)16-14(18)7-11-5-6-17(2)9-11/h3-6,8-9H,7H2,1-2H3,(H,16,18). The molecular weight excluding hydrogens is 248 g/mol. The number of nitrogens with one attached hydrogen (secondary N) is 1. The van der Waals surface area contributed by atoms with Crippen molar-refractivity contribution < 1.29 is 4.79 Å². The molecule has 0 atom stereocenters. The second-order valence-corrected chi connectivity index (χ2v) is 4.78. The minimum Gasteiger partial charge on any atom is -0.357 e. The molecule has 0 spiro atoms. The third-order valence-electron chi connectivity index (χ3n) is 2.71. The van der Waals surface area contributed by atoms with Gasteiger partial charge in [0.05, 0.1) is 6.42 Å². The Morgan fingerprint density at radius 2 is 2.17 bits per heavy atom. The lowest BCUT2D eigenvalue weighted by Gasteiger charge is -2.06. The molecule has 0 fully saturated rings. The van der Waals surface area contributed by atoms with E-state index in [0.717, 1.165) is 16.8 Å². The van der Waals surface area contributed by atoms with Crippen LogP contribution in [-0.2, 0) is 18.3 Å². The van der Waals surface area contributed by atoms with Gasteiger partial charge in [0.25, 0.3) is 0 Å². The summed E-state index contributed by atoms with van der Waals surface area (Å²) in [5, 5.41) is 3.49. The maximum atomic E-state index is 11.8. The number of aromatic nitrogens is 1. The molecule has 1 N–H and O–H groups in total. The van der Waals surface area contributed by atoms with Gasteiger partial charge in [-0.2, -0.15) is 0 Å². The number of anilines is 1. The highest BCUT2D eigenvalue weighted by Crippen LogP contribution is 2.20. The zero-order valence-corrected chi connectivity index (χ0v) is 11.2. The van der Waals surface area contributed by atoms with E-state index in [-0.39, 0.29) is 5.91 Å². The minimum atomic E-state index is -0.0406. The third-order valence-corrected chi connectivity index (χ3v) is 3.12. The summed E-state index contributed by atoms with van der Waals surface area (Å²) >= 11 is 6.01. The quantitative estimate of drug-likeness (QED) is 0.906. The maximum Gasteiger partial charge on any atom is 0.228 e. The number of hydrogen-bond donors (Lipinski definition) is 1. The Balaban J connectivity index is 2.00. The second-order valence-electron chi connectivity index (χ2n) is 4.37. The highest BCUT2D eigenvalue weighted by Gasteiger charge is 2.06. The summed E-state index contributed by atoms with van der Waals surface area (Å²) in [6.07, 6.45) is 4.22. The molecule has 0 aliphatic carbocycles.